The number of nitrogens with zero attached hydrogens (tertiary/aromatic N) is 1. The van der Waals surface area contributed by atoms with Gasteiger partial charge in [0.15, 0.2) is 5.78 Å². The molecule has 0 spiro atoms. The van der Waals surface area contributed by atoms with Crippen LogP contribution in [0.4, 0.5) is 0 Å². The van der Waals surface area contributed by atoms with E-state index in [1.54, 1.807) is 12.2 Å². The second kappa shape index (κ2) is 2.54. The first-order chi connectivity index (χ1) is 5.32. The Morgan fingerprint density at radius 1 is 1.33 bits per heavy atom. The Bertz CT molecular complexity index is 209. The molecule has 0 atom stereocenters. The number of carbonyl (C=O) groups is 1. The summed E-state index contributed by atoms with van der Waals surface area (Å²) in [5, 5.41) is 1.78. The van der Waals surface area contributed by atoms with Crippen molar-refractivity contribution in [3.05, 3.63) is 0 Å². The highest BCUT2D eigenvalue weighted by atomic mass is 16.7. The molecular formula is C9H17NO2. The van der Waals surface area contributed by atoms with Crippen molar-refractivity contribution in [2.24, 2.45) is 0 Å². The molecule has 0 bridgehead atoms. The lowest BCUT2D eigenvalue weighted by molar-refractivity contribution is -0.218. The normalized spacial score (nSPS) is 27.9. The second-order valence-electron chi connectivity index (χ2n) is 4.45. The van der Waals surface area contributed by atoms with Crippen molar-refractivity contribution in [3.63, 3.8) is 0 Å². The van der Waals surface area contributed by atoms with Gasteiger partial charge in [0, 0.05) is 12.0 Å². The van der Waals surface area contributed by atoms with Crippen molar-refractivity contribution in [3.8, 4) is 0 Å². The zero-order chi connectivity index (χ0) is 9.57. The molecule has 0 aliphatic carbocycles. The summed E-state index contributed by atoms with van der Waals surface area (Å²) in [4.78, 5) is 16.8. The molecule has 1 aliphatic heterocycles. The van der Waals surface area contributed by atoms with Crippen LogP contribution in [0.2, 0.25) is 0 Å². The van der Waals surface area contributed by atoms with Gasteiger partial charge in [-0.2, -0.15) is 5.06 Å². The molecule has 1 fully saturated rings. The third-order valence-corrected chi connectivity index (χ3v) is 2.52. The summed E-state index contributed by atoms with van der Waals surface area (Å²) in [5.41, 5.74) is -0.645. The molecule has 0 aromatic carbocycles. The van der Waals surface area contributed by atoms with E-state index in [0.717, 1.165) is 0 Å². The van der Waals surface area contributed by atoms with Gasteiger partial charge in [-0.3, -0.25) is 4.79 Å². The molecule has 12 heavy (non-hydrogen) atoms. The van der Waals surface area contributed by atoms with Crippen LogP contribution in [0, 0.1) is 0 Å². The van der Waals surface area contributed by atoms with Crippen molar-refractivity contribution in [2.45, 2.75) is 45.2 Å². The van der Waals surface area contributed by atoms with Crippen LogP contribution < -0.4 is 0 Å². The molecular weight excluding hydrogens is 154 g/mol. The number of ketones is 1. The lowest BCUT2D eigenvalue weighted by Crippen LogP contribution is -2.48. The minimum absolute atomic E-state index is 0.171. The van der Waals surface area contributed by atoms with E-state index in [4.69, 9.17) is 4.84 Å². The zero-order valence-corrected chi connectivity index (χ0v) is 8.47. The average molecular weight is 171 g/mol. The van der Waals surface area contributed by atoms with Gasteiger partial charge in [0.1, 0.15) is 0 Å². The minimum Gasteiger partial charge on any atom is -0.301 e. The number of rotatable bonds is 1. The highest BCUT2D eigenvalue weighted by Gasteiger charge is 2.51. The van der Waals surface area contributed by atoms with E-state index in [9.17, 15) is 4.79 Å². The maximum Gasteiger partial charge on any atom is 0.156 e. The van der Waals surface area contributed by atoms with E-state index in [2.05, 4.69) is 0 Å². The fraction of sp³-hybridized carbons (Fsp3) is 0.889. The zero-order valence-electron chi connectivity index (χ0n) is 8.47. The SMILES string of the molecule is CON1C(C)(C)CC(=O)C1(C)C. The first-order valence-electron chi connectivity index (χ1n) is 4.20. The number of carbonyl (C=O) groups excluding carboxylic acids is 1. The van der Waals surface area contributed by atoms with Crippen molar-refractivity contribution >= 4 is 5.78 Å². The van der Waals surface area contributed by atoms with Gasteiger partial charge in [-0.15, -0.1) is 0 Å². The van der Waals surface area contributed by atoms with Gasteiger partial charge in [0.05, 0.1) is 12.6 Å². The lowest BCUT2D eigenvalue weighted by Gasteiger charge is -2.36. The van der Waals surface area contributed by atoms with Gasteiger partial charge in [0.2, 0.25) is 0 Å². The van der Waals surface area contributed by atoms with Crippen LogP contribution in [0.15, 0.2) is 0 Å². The summed E-state index contributed by atoms with van der Waals surface area (Å²) in [6, 6.07) is 0. The van der Waals surface area contributed by atoms with Crippen LogP contribution in [-0.2, 0) is 9.63 Å². The monoisotopic (exact) mass is 171 g/mol. The van der Waals surface area contributed by atoms with Gasteiger partial charge in [-0.1, -0.05) is 0 Å². The van der Waals surface area contributed by atoms with Crippen LogP contribution in [0.1, 0.15) is 34.1 Å². The molecule has 1 saturated heterocycles. The van der Waals surface area contributed by atoms with Crippen molar-refractivity contribution in [2.75, 3.05) is 7.11 Å². The maximum atomic E-state index is 11.6. The Kier molecular flexibility index (Phi) is 2.05. The number of hydrogen-bond acceptors (Lipinski definition) is 3. The summed E-state index contributed by atoms with van der Waals surface area (Å²) < 4.78 is 0. The van der Waals surface area contributed by atoms with Gasteiger partial charge in [-0.25, -0.2) is 0 Å². The summed E-state index contributed by atoms with van der Waals surface area (Å²) in [6.45, 7) is 7.83. The highest BCUT2D eigenvalue weighted by Crippen LogP contribution is 2.37. The van der Waals surface area contributed by atoms with Crippen molar-refractivity contribution in [1.29, 1.82) is 0 Å². The molecule has 70 valence electrons. The van der Waals surface area contributed by atoms with Crippen LogP contribution in [0.3, 0.4) is 0 Å². The Morgan fingerprint density at radius 3 is 2.00 bits per heavy atom. The largest absolute Gasteiger partial charge is 0.301 e. The molecule has 3 heteroatoms. The lowest BCUT2D eigenvalue weighted by atomic mass is 9.99. The van der Waals surface area contributed by atoms with Gasteiger partial charge >= 0.3 is 0 Å². The first kappa shape index (κ1) is 9.68. The molecule has 0 aromatic heterocycles. The highest BCUT2D eigenvalue weighted by molar-refractivity contribution is 5.90. The molecule has 1 rings (SSSR count). The van der Waals surface area contributed by atoms with Crippen LogP contribution in [0.25, 0.3) is 0 Å². The Hall–Kier alpha value is -0.410. The van der Waals surface area contributed by atoms with Crippen molar-refractivity contribution < 1.29 is 9.63 Å². The molecule has 0 radical (unpaired) electrons. The van der Waals surface area contributed by atoms with Crippen LogP contribution in [0.5, 0.6) is 0 Å². The second-order valence-corrected chi connectivity index (χ2v) is 4.45. The Labute approximate surface area is 73.6 Å². The summed E-state index contributed by atoms with van der Waals surface area (Å²) in [5.74, 6) is 0.245. The Morgan fingerprint density at radius 2 is 1.83 bits per heavy atom. The third kappa shape index (κ3) is 1.17. The first-order valence-corrected chi connectivity index (χ1v) is 4.20. The molecule has 0 unspecified atom stereocenters. The fourth-order valence-corrected chi connectivity index (χ4v) is 2.03. The van der Waals surface area contributed by atoms with Crippen LogP contribution in [-0.4, -0.2) is 29.0 Å². The van der Waals surface area contributed by atoms with E-state index in [1.807, 2.05) is 27.7 Å². The minimum atomic E-state index is -0.474. The van der Waals surface area contributed by atoms with Crippen LogP contribution >= 0.6 is 0 Å². The molecule has 3 nitrogen and oxygen atoms in total. The molecule has 0 amide bonds. The van der Waals surface area contributed by atoms with E-state index in [-0.39, 0.29) is 11.3 Å². The maximum absolute atomic E-state index is 11.6. The van der Waals surface area contributed by atoms with E-state index in [1.165, 1.54) is 0 Å². The number of Topliss-reactive ketones (excluding diaryl/α,β-unsaturated/α-hetero) is 1. The smallest absolute Gasteiger partial charge is 0.156 e. The Balaban J connectivity index is 3.00. The third-order valence-electron chi connectivity index (χ3n) is 2.52. The molecule has 0 aromatic rings. The summed E-state index contributed by atoms with van der Waals surface area (Å²) >= 11 is 0. The predicted molar refractivity (Wildman–Crippen MR) is 46.6 cm³/mol. The molecule has 0 N–H and O–H groups in total. The molecule has 0 saturated carbocycles. The average Bonchev–Trinajstić information content (AvgIpc) is 1.99. The molecule has 1 aliphatic rings. The van der Waals surface area contributed by atoms with Gasteiger partial charge in [-0.05, 0) is 27.7 Å². The fourth-order valence-electron chi connectivity index (χ4n) is 2.03. The van der Waals surface area contributed by atoms with E-state index in [0.29, 0.717) is 6.42 Å². The van der Waals surface area contributed by atoms with E-state index >= 15 is 0 Å². The number of hydrogen-bond donors (Lipinski definition) is 0. The standard InChI is InChI=1S/C9H17NO2/c1-8(2)6-7(11)9(3,4)10(8)12-5/h6H2,1-5H3. The summed E-state index contributed by atoms with van der Waals surface area (Å²) in [6.07, 6.45) is 0.563. The number of hydroxylamine groups is 2. The summed E-state index contributed by atoms with van der Waals surface area (Å²) in [7, 11) is 1.61. The van der Waals surface area contributed by atoms with Crippen molar-refractivity contribution in [1.82, 2.24) is 5.06 Å². The van der Waals surface area contributed by atoms with Gasteiger partial charge in [0.25, 0.3) is 0 Å². The van der Waals surface area contributed by atoms with E-state index < -0.39 is 5.54 Å². The quantitative estimate of drug-likeness (QED) is 0.597. The molecule has 1 heterocycles. The van der Waals surface area contributed by atoms with Gasteiger partial charge < -0.3 is 4.84 Å². The predicted octanol–water partition coefficient (Wildman–Crippen LogP) is 1.38. The topological polar surface area (TPSA) is 29.5 Å².